The van der Waals surface area contributed by atoms with Gasteiger partial charge in [0.2, 0.25) is 0 Å². The average Bonchev–Trinajstić information content (AvgIpc) is 2.73. The Hall–Kier alpha value is -3.43. The summed E-state index contributed by atoms with van der Waals surface area (Å²) in [7, 11) is -2.93. The molecule has 1 amide bonds. The van der Waals surface area contributed by atoms with E-state index in [1.165, 1.54) is 62.6 Å². The molecule has 0 bridgehead atoms. The molecule has 3 aromatic rings. The van der Waals surface area contributed by atoms with Crippen LogP contribution in [-0.2, 0) is 10.0 Å². The maximum atomic E-state index is 13.5. The highest BCUT2D eigenvalue weighted by Crippen LogP contribution is 2.33. The molecule has 3 aromatic carbocycles. The summed E-state index contributed by atoms with van der Waals surface area (Å²) < 4.78 is 32.8. The van der Waals surface area contributed by atoms with E-state index in [0.717, 1.165) is 5.56 Å². The Balaban J connectivity index is 2.19. The summed E-state index contributed by atoms with van der Waals surface area (Å²) in [6.07, 6.45) is 0. The third-order valence-corrected chi connectivity index (χ3v) is 6.77. The number of carbonyl (C=O) groups excluding carboxylic acids is 1. The highest BCUT2D eigenvalue weighted by atomic mass is 35.5. The molecule has 0 aliphatic heterocycles. The number of anilines is 1. The molecule has 0 saturated heterocycles. The van der Waals surface area contributed by atoms with Crippen LogP contribution in [0.2, 0.25) is 5.02 Å². The van der Waals surface area contributed by atoms with Gasteiger partial charge >= 0.3 is 0 Å². The summed E-state index contributed by atoms with van der Waals surface area (Å²) in [6, 6.07) is 13.9. The minimum Gasteiger partial charge on any atom is -0.495 e. The van der Waals surface area contributed by atoms with Gasteiger partial charge in [-0.25, -0.2) is 8.42 Å². The monoisotopic (exact) mass is 474 g/mol. The van der Waals surface area contributed by atoms with Gasteiger partial charge in [-0.3, -0.25) is 14.9 Å². The molecule has 0 N–H and O–H groups in total. The van der Waals surface area contributed by atoms with Crippen molar-refractivity contribution >= 4 is 38.9 Å². The molecule has 0 saturated carbocycles. The Bertz CT molecular complexity index is 1310. The zero-order chi connectivity index (χ0) is 23.6. The molecule has 0 radical (unpaired) electrons. The zero-order valence-corrected chi connectivity index (χ0v) is 19.0. The lowest BCUT2D eigenvalue weighted by atomic mass is 10.1. The van der Waals surface area contributed by atoms with Gasteiger partial charge in [0, 0.05) is 17.2 Å². The van der Waals surface area contributed by atoms with Crippen LogP contribution >= 0.6 is 11.6 Å². The topological polar surface area (TPSA) is 107 Å². The van der Waals surface area contributed by atoms with Gasteiger partial charge in [0.25, 0.3) is 21.6 Å². The van der Waals surface area contributed by atoms with Crippen LogP contribution in [0.25, 0.3) is 0 Å². The first-order valence-electron chi connectivity index (χ1n) is 9.31. The average molecular weight is 475 g/mol. The predicted octanol–water partition coefficient (Wildman–Crippen LogP) is 4.91. The Labute approximate surface area is 190 Å². The number of ether oxygens (including phenoxy) is 1. The Morgan fingerprint density at radius 3 is 2.22 bits per heavy atom. The van der Waals surface area contributed by atoms with Crippen LogP contribution in [0.4, 0.5) is 11.4 Å². The van der Waals surface area contributed by atoms with E-state index in [1.807, 2.05) is 6.92 Å². The van der Waals surface area contributed by atoms with Crippen molar-refractivity contribution in [1.82, 2.24) is 0 Å². The van der Waals surface area contributed by atoms with Gasteiger partial charge < -0.3 is 4.74 Å². The summed E-state index contributed by atoms with van der Waals surface area (Å²) >= 11 is 6.19. The summed E-state index contributed by atoms with van der Waals surface area (Å²) in [4.78, 5) is 23.9. The molecular formula is C22H19ClN2O6S. The number of sulfonamides is 1. The van der Waals surface area contributed by atoms with Crippen LogP contribution < -0.4 is 9.04 Å². The van der Waals surface area contributed by atoms with Crippen molar-refractivity contribution in [1.29, 1.82) is 0 Å². The third kappa shape index (κ3) is 4.44. The minimum absolute atomic E-state index is 0.00243. The lowest BCUT2D eigenvalue weighted by Gasteiger charge is -2.23. The molecule has 3 rings (SSSR count). The smallest absolute Gasteiger partial charge is 0.272 e. The number of carbonyl (C=O) groups is 1. The molecule has 0 atom stereocenters. The van der Waals surface area contributed by atoms with Crippen molar-refractivity contribution in [3.8, 4) is 5.75 Å². The molecule has 0 aliphatic rings. The van der Waals surface area contributed by atoms with Crippen LogP contribution in [0, 0.1) is 24.0 Å². The number of benzene rings is 3. The van der Waals surface area contributed by atoms with Crippen LogP contribution in [-0.4, -0.2) is 26.4 Å². The predicted molar refractivity (Wildman–Crippen MR) is 121 cm³/mol. The van der Waals surface area contributed by atoms with Crippen LogP contribution in [0.5, 0.6) is 5.75 Å². The van der Waals surface area contributed by atoms with E-state index in [-0.39, 0.29) is 32.4 Å². The number of nitrogens with zero attached hydrogens (tertiary/aromatic N) is 2. The van der Waals surface area contributed by atoms with Gasteiger partial charge in [0.05, 0.1) is 27.6 Å². The highest BCUT2D eigenvalue weighted by Gasteiger charge is 2.33. The number of nitro groups is 1. The second kappa shape index (κ2) is 8.97. The molecule has 32 heavy (non-hydrogen) atoms. The van der Waals surface area contributed by atoms with E-state index >= 15 is 0 Å². The van der Waals surface area contributed by atoms with E-state index in [9.17, 15) is 23.3 Å². The number of hydrogen-bond acceptors (Lipinski definition) is 6. The number of halogens is 1. The third-order valence-electron chi connectivity index (χ3n) is 4.75. The van der Waals surface area contributed by atoms with Gasteiger partial charge in [-0.2, -0.15) is 4.31 Å². The molecule has 10 heteroatoms. The van der Waals surface area contributed by atoms with Crippen molar-refractivity contribution in [2.24, 2.45) is 0 Å². The van der Waals surface area contributed by atoms with Crippen LogP contribution in [0.3, 0.4) is 0 Å². The van der Waals surface area contributed by atoms with E-state index in [0.29, 0.717) is 10.1 Å². The molecule has 0 unspecified atom stereocenters. The standard InChI is InChI=1S/C22H19ClN2O6S/c1-14-4-8-18(9-5-14)32(29,30)24(17-7-11-21(31-3)19(23)13-17)22(26)16-6-10-20(25(27)28)15(2)12-16/h4-13H,1-3H3. The van der Waals surface area contributed by atoms with Crippen LogP contribution in [0.1, 0.15) is 21.5 Å². The first kappa shape index (κ1) is 23.2. The second-order valence-electron chi connectivity index (χ2n) is 6.96. The van der Waals surface area contributed by atoms with E-state index in [4.69, 9.17) is 16.3 Å². The van der Waals surface area contributed by atoms with E-state index < -0.39 is 20.9 Å². The summed E-state index contributed by atoms with van der Waals surface area (Å²) in [5.74, 6) is -0.577. The molecule has 8 nitrogen and oxygen atoms in total. The normalized spacial score (nSPS) is 11.1. The van der Waals surface area contributed by atoms with Gasteiger partial charge in [0.15, 0.2) is 0 Å². The van der Waals surface area contributed by atoms with Crippen molar-refractivity contribution in [2.45, 2.75) is 18.7 Å². The Morgan fingerprint density at radius 2 is 1.69 bits per heavy atom. The zero-order valence-electron chi connectivity index (χ0n) is 17.4. The number of hydrogen-bond donors (Lipinski definition) is 0. The summed E-state index contributed by atoms with van der Waals surface area (Å²) in [6.45, 7) is 3.28. The number of amides is 1. The fourth-order valence-corrected chi connectivity index (χ4v) is 4.73. The number of rotatable bonds is 6. The van der Waals surface area contributed by atoms with Crippen LogP contribution in [0.15, 0.2) is 65.6 Å². The first-order chi connectivity index (χ1) is 15.1. The lowest BCUT2D eigenvalue weighted by Crippen LogP contribution is -2.37. The van der Waals surface area contributed by atoms with E-state index in [2.05, 4.69) is 0 Å². The van der Waals surface area contributed by atoms with Crippen molar-refractivity contribution in [3.05, 3.63) is 92.5 Å². The maximum absolute atomic E-state index is 13.5. The Kier molecular flexibility index (Phi) is 6.52. The highest BCUT2D eigenvalue weighted by molar-refractivity contribution is 7.93. The summed E-state index contributed by atoms with van der Waals surface area (Å²) in [5.41, 5.74) is 0.858. The van der Waals surface area contributed by atoms with E-state index in [1.54, 1.807) is 12.1 Å². The molecule has 0 aromatic heterocycles. The van der Waals surface area contributed by atoms with Gasteiger partial charge in [-0.05, 0) is 56.3 Å². The van der Waals surface area contributed by atoms with Crippen molar-refractivity contribution < 1.29 is 22.9 Å². The first-order valence-corrected chi connectivity index (χ1v) is 11.1. The van der Waals surface area contributed by atoms with Crippen molar-refractivity contribution in [3.63, 3.8) is 0 Å². The number of methoxy groups -OCH3 is 1. The van der Waals surface area contributed by atoms with Gasteiger partial charge in [-0.1, -0.05) is 29.3 Å². The fourth-order valence-electron chi connectivity index (χ4n) is 3.07. The molecule has 0 fully saturated rings. The molecular weight excluding hydrogens is 456 g/mol. The number of aryl methyl sites for hydroxylation is 2. The molecule has 166 valence electrons. The quantitative estimate of drug-likeness (QED) is 0.371. The minimum atomic E-state index is -4.34. The SMILES string of the molecule is COc1ccc(N(C(=O)c2ccc([N+](=O)[O-])c(C)c2)S(=O)(=O)c2ccc(C)cc2)cc1Cl. The molecule has 0 heterocycles. The Morgan fingerprint density at radius 1 is 1.03 bits per heavy atom. The fraction of sp³-hybridized carbons (Fsp3) is 0.136. The lowest BCUT2D eigenvalue weighted by molar-refractivity contribution is -0.385. The van der Waals surface area contributed by atoms with Crippen molar-refractivity contribution in [2.75, 3.05) is 11.4 Å². The maximum Gasteiger partial charge on any atom is 0.272 e. The summed E-state index contributed by atoms with van der Waals surface area (Å²) in [5, 5.41) is 11.2. The molecule has 0 aliphatic carbocycles. The van der Waals surface area contributed by atoms with Gasteiger partial charge in [0.1, 0.15) is 5.75 Å². The molecule has 0 spiro atoms. The largest absolute Gasteiger partial charge is 0.495 e. The number of nitro benzene ring substituents is 1. The van der Waals surface area contributed by atoms with Gasteiger partial charge in [-0.15, -0.1) is 0 Å². The second-order valence-corrected chi connectivity index (χ2v) is 9.16.